The van der Waals surface area contributed by atoms with E-state index in [1.807, 2.05) is 42.6 Å². The van der Waals surface area contributed by atoms with E-state index in [0.717, 1.165) is 34.4 Å². The van der Waals surface area contributed by atoms with Gasteiger partial charge in [0, 0.05) is 34.4 Å². The van der Waals surface area contributed by atoms with Crippen molar-refractivity contribution in [3.8, 4) is 5.75 Å². The molecule has 9 heteroatoms. The number of rotatable bonds is 6. The number of Topliss-reactive ketones (excluding diaryl/α,β-unsaturated/α-hetero) is 1. The van der Waals surface area contributed by atoms with E-state index in [2.05, 4.69) is 6.92 Å². The van der Waals surface area contributed by atoms with Gasteiger partial charge in [-0.1, -0.05) is 37.6 Å². The van der Waals surface area contributed by atoms with Gasteiger partial charge in [-0.05, 0) is 72.7 Å². The Morgan fingerprint density at radius 1 is 1.28 bits per heavy atom. The number of thiophene rings is 1. The molecule has 2 heterocycles. The number of allylic oxidation sites excluding steroid dienone is 4. The van der Waals surface area contributed by atoms with Crippen LogP contribution in [0.1, 0.15) is 61.8 Å². The second kappa shape index (κ2) is 10.1. The van der Waals surface area contributed by atoms with Crippen LogP contribution in [-0.2, 0) is 25.5 Å². The van der Waals surface area contributed by atoms with E-state index in [1.165, 1.54) is 11.3 Å². The third kappa shape index (κ3) is 4.01. The smallest absolute Gasteiger partial charge is 0.198 e. The minimum atomic E-state index is -1.40. The number of nitrogen functional groups attached to an aromatic ring is 1. The molecule has 43 heavy (non-hydrogen) atoms. The molecule has 228 valence electrons. The van der Waals surface area contributed by atoms with Gasteiger partial charge >= 0.3 is 0 Å². The number of anilines is 1. The van der Waals surface area contributed by atoms with E-state index in [0.29, 0.717) is 30.7 Å². The zero-order valence-corrected chi connectivity index (χ0v) is 25.6. The van der Waals surface area contributed by atoms with Crippen molar-refractivity contribution in [3.05, 3.63) is 69.5 Å². The van der Waals surface area contributed by atoms with Gasteiger partial charge in [0.15, 0.2) is 23.5 Å². The van der Waals surface area contributed by atoms with Crippen molar-refractivity contribution in [2.75, 3.05) is 19.5 Å². The number of benzene rings is 1. The number of nitrogens with two attached hydrogens (primary N) is 1. The van der Waals surface area contributed by atoms with Crippen LogP contribution in [-0.4, -0.2) is 53.3 Å². The molecule has 1 saturated heterocycles. The monoisotopic (exact) mass is 605 g/mol. The van der Waals surface area contributed by atoms with Crippen molar-refractivity contribution in [1.82, 2.24) is 0 Å². The molecule has 0 bridgehead atoms. The predicted octanol–water partition coefficient (Wildman–Crippen LogP) is 4.53. The van der Waals surface area contributed by atoms with E-state index in [9.17, 15) is 19.8 Å². The third-order valence-corrected chi connectivity index (χ3v) is 12.4. The molecule has 1 aliphatic heterocycles. The molecule has 0 unspecified atom stereocenters. The highest BCUT2D eigenvalue weighted by molar-refractivity contribution is 7.10. The largest absolute Gasteiger partial charge is 0.495 e. The lowest BCUT2D eigenvalue weighted by molar-refractivity contribution is -0.200. The second-order valence-electron chi connectivity index (χ2n) is 13.4. The summed E-state index contributed by atoms with van der Waals surface area (Å²) >= 11 is 1.47. The van der Waals surface area contributed by atoms with Gasteiger partial charge in [-0.3, -0.25) is 9.59 Å². The Labute approximate surface area is 255 Å². The number of ketones is 2. The van der Waals surface area contributed by atoms with Gasteiger partial charge in [-0.15, -0.1) is 11.3 Å². The maximum Gasteiger partial charge on any atom is 0.198 e. The summed E-state index contributed by atoms with van der Waals surface area (Å²) < 4.78 is 19.3. The van der Waals surface area contributed by atoms with Gasteiger partial charge in [-0.2, -0.15) is 0 Å². The molecule has 4 aliphatic carbocycles. The number of hydrogen-bond acceptors (Lipinski definition) is 9. The summed E-state index contributed by atoms with van der Waals surface area (Å²) in [6.07, 6.45) is 6.34. The maximum atomic E-state index is 13.8. The summed E-state index contributed by atoms with van der Waals surface area (Å²) in [6, 6.07) is 7.73. The molecule has 0 spiro atoms. The lowest BCUT2D eigenvalue weighted by Gasteiger charge is -2.59. The van der Waals surface area contributed by atoms with E-state index in [4.69, 9.17) is 19.9 Å². The summed E-state index contributed by atoms with van der Waals surface area (Å²) in [7, 11) is 1.62. The molecule has 7 rings (SSSR count). The normalized spacial score (nSPS) is 39.5. The number of methoxy groups -OCH3 is 1. The highest BCUT2D eigenvalue weighted by atomic mass is 32.1. The maximum absolute atomic E-state index is 13.8. The lowest BCUT2D eigenvalue weighted by Crippen LogP contribution is -2.63. The number of hydrogen-bond donors (Lipinski definition) is 3. The summed E-state index contributed by atoms with van der Waals surface area (Å²) in [5.74, 6) is 0.310. The molecule has 0 radical (unpaired) electrons. The fourth-order valence-corrected chi connectivity index (χ4v) is 10.6. The Balaban J connectivity index is 1.22. The molecule has 9 atom stereocenters. The molecular formula is C34H39NO7S. The van der Waals surface area contributed by atoms with Crippen molar-refractivity contribution in [1.29, 1.82) is 0 Å². The van der Waals surface area contributed by atoms with Crippen molar-refractivity contribution in [3.63, 3.8) is 0 Å². The van der Waals surface area contributed by atoms with Crippen molar-refractivity contribution < 1.29 is 34.0 Å². The molecule has 2 aromatic rings. The average molecular weight is 606 g/mol. The van der Waals surface area contributed by atoms with Crippen molar-refractivity contribution in [2.45, 2.75) is 70.1 Å². The second-order valence-corrected chi connectivity index (χ2v) is 14.3. The molecule has 1 aromatic carbocycles. The van der Waals surface area contributed by atoms with Gasteiger partial charge in [0.05, 0.1) is 19.3 Å². The number of aliphatic hydroxyl groups is 2. The van der Waals surface area contributed by atoms with Crippen LogP contribution in [0.2, 0.25) is 0 Å². The molecule has 5 aliphatic rings. The highest BCUT2D eigenvalue weighted by Gasteiger charge is 2.76. The Morgan fingerprint density at radius 2 is 2.09 bits per heavy atom. The molecule has 4 fully saturated rings. The molecule has 0 amide bonds. The molecule has 4 N–H and O–H groups in total. The standard InChI is InChI=1S/C34H39NO7S/c1-32-10-9-22(37)13-20(32)7-8-23-24-14-27-34(26(39)16-36,33(24,2)15-25(38)28(23)32)42-31(41-27)30-29(40-3)19(17-43-30)11-18-5-4-6-21(35)12-18/h4-6,9-10,12-13,17,23-25,27-28,31,36,38H,7-8,11,14-16,35H2,1-3H3/t23-,24-,25-,27+,28+,31+,32-,33-,34+/m0/s1. The van der Waals surface area contributed by atoms with Crippen LogP contribution >= 0.6 is 11.3 Å². The van der Waals surface area contributed by atoms with Gasteiger partial charge in [0.2, 0.25) is 0 Å². The Kier molecular flexibility index (Phi) is 6.80. The predicted molar refractivity (Wildman–Crippen MR) is 161 cm³/mol. The highest BCUT2D eigenvalue weighted by Crippen LogP contribution is 2.70. The third-order valence-electron chi connectivity index (χ3n) is 11.4. The lowest BCUT2D eigenvalue weighted by atomic mass is 9.46. The zero-order valence-electron chi connectivity index (χ0n) is 24.7. The van der Waals surface area contributed by atoms with Crippen LogP contribution in [0.4, 0.5) is 5.69 Å². The number of carbonyl (C=O) groups is 2. The van der Waals surface area contributed by atoms with Crippen LogP contribution in [0.25, 0.3) is 0 Å². The fourth-order valence-electron chi connectivity index (χ4n) is 9.64. The van der Waals surface area contributed by atoms with Gasteiger partial charge < -0.3 is 30.2 Å². The van der Waals surface area contributed by atoms with Crippen molar-refractivity contribution >= 4 is 28.6 Å². The Bertz CT molecular complexity index is 1550. The first-order valence-corrected chi connectivity index (χ1v) is 16.0. The van der Waals surface area contributed by atoms with Crippen LogP contribution in [0.5, 0.6) is 5.75 Å². The summed E-state index contributed by atoms with van der Waals surface area (Å²) in [6.45, 7) is 3.50. The van der Waals surface area contributed by atoms with Crippen LogP contribution in [0.3, 0.4) is 0 Å². The first-order chi connectivity index (χ1) is 20.6. The average Bonchev–Trinajstić information content (AvgIpc) is 3.62. The van der Waals surface area contributed by atoms with Gasteiger partial charge in [-0.25, -0.2) is 0 Å². The number of carbonyl (C=O) groups excluding carboxylic acids is 2. The fraction of sp³-hybridized carbons (Fsp3) is 0.529. The van der Waals surface area contributed by atoms with Crippen LogP contribution < -0.4 is 10.5 Å². The van der Waals surface area contributed by atoms with E-state index in [1.54, 1.807) is 19.3 Å². The van der Waals surface area contributed by atoms with E-state index in [-0.39, 0.29) is 23.5 Å². The number of ether oxygens (including phenoxy) is 3. The molecule has 8 nitrogen and oxygen atoms in total. The molecule has 3 saturated carbocycles. The first kappa shape index (κ1) is 28.9. The minimum Gasteiger partial charge on any atom is -0.495 e. The summed E-state index contributed by atoms with van der Waals surface area (Å²) in [5.41, 5.74) is 7.22. The van der Waals surface area contributed by atoms with Crippen LogP contribution in [0.15, 0.2) is 53.4 Å². The topological polar surface area (TPSA) is 128 Å². The quantitative estimate of drug-likeness (QED) is 0.410. The van der Waals surface area contributed by atoms with E-state index < -0.39 is 47.3 Å². The van der Waals surface area contributed by atoms with Gasteiger partial charge in [0.25, 0.3) is 0 Å². The number of aliphatic hydroxyl groups excluding tert-OH is 2. The van der Waals surface area contributed by atoms with Crippen molar-refractivity contribution in [2.24, 2.45) is 28.6 Å². The van der Waals surface area contributed by atoms with E-state index >= 15 is 0 Å². The summed E-state index contributed by atoms with van der Waals surface area (Å²) in [4.78, 5) is 26.8. The number of fused-ring (bicyclic) bond motifs is 7. The Hall–Kier alpha value is -2.82. The minimum absolute atomic E-state index is 0.00291. The first-order valence-electron chi connectivity index (χ1n) is 15.1. The van der Waals surface area contributed by atoms with Gasteiger partial charge in [0.1, 0.15) is 17.2 Å². The molecular weight excluding hydrogens is 566 g/mol. The zero-order chi connectivity index (χ0) is 30.3. The molecule has 1 aromatic heterocycles. The van der Waals surface area contributed by atoms with Crippen LogP contribution in [0, 0.1) is 28.6 Å². The Morgan fingerprint density at radius 3 is 2.84 bits per heavy atom. The summed E-state index contributed by atoms with van der Waals surface area (Å²) in [5, 5.41) is 24.2. The SMILES string of the molecule is COc1c(Cc2cccc(N)c2)csc1[C@@H]1O[C@@H]2C[C@H]3[C@@H]4CCC5=CC(=O)C=C[C@]5(C)[C@H]4[C@@H](O)C[C@]3(C)[C@]2(C(=O)CO)O1.